The molecule has 1 fully saturated rings. The Bertz CT molecular complexity index is 1090. The molecule has 1 atom stereocenters. The molecular formula is C21H20N2O5S. The number of ether oxygens (including phenoxy) is 1. The highest BCUT2D eigenvalue weighted by atomic mass is 32.2. The lowest BCUT2D eigenvalue weighted by atomic mass is 9.99. The molecule has 1 saturated heterocycles. The van der Waals surface area contributed by atoms with E-state index in [0.29, 0.717) is 28.3 Å². The molecule has 0 aromatic heterocycles. The summed E-state index contributed by atoms with van der Waals surface area (Å²) in [6.07, 6.45) is 0. The van der Waals surface area contributed by atoms with Gasteiger partial charge in [0.1, 0.15) is 22.5 Å². The fourth-order valence-electron chi connectivity index (χ4n) is 3.77. The molecule has 29 heavy (non-hydrogen) atoms. The van der Waals surface area contributed by atoms with Crippen molar-refractivity contribution in [3.8, 4) is 5.75 Å². The Kier molecular flexibility index (Phi) is 4.53. The van der Waals surface area contributed by atoms with Crippen molar-refractivity contribution in [2.24, 2.45) is 0 Å². The van der Waals surface area contributed by atoms with Crippen LogP contribution in [0.3, 0.4) is 0 Å². The summed E-state index contributed by atoms with van der Waals surface area (Å²) in [6, 6.07) is 10.1. The molecule has 2 aromatic carbocycles. The fourth-order valence-corrected chi connectivity index (χ4v) is 5.12. The third-order valence-electron chi connectivity index (χ3n) is 5.03. The zero-order valence-electron chi connectivity index (χ0n) is 16.2. The number of hydrogen-bond acceptors (Lipinski definition) is 5. The maximum atomic E-state index is 13.1. The number of nitrogens with zero attached hydrogens (tertiary/aromatic N) is 1. The Morgan fingerprint density at radius 1 is 1.24 bits per heavy atom. The number of fused-ring (bicyclic) bond motifs is 2. The van der Waals surface area contributed by atoms with Crippen LogP contribution in [0.1, 0.15) is 31.1 Å². The third-order valence-corrected chi connectivity index (χ3v) is 6.38. The predicted molar refractivity (Wildman–Crippen MR) is 110 cm³/mol. The van der Waals surface area contributed by atoms with Gasteiger partial charge in [-0.2, -0.15) is 0 Å². The number of benzene rings is 2. The van der Waals surface area contributed by atoms with E-state index in [1.165, 1.54) is 16.7 Å². The summed E-state index contributed by atoms with van der Waals surface area (Å²) in [5, 5.41) is 14.3. The Hall–Kier alpha value is -3.00. The zero-order chi connectivity index (χ0) is 20.9. The highest BCUT2D eigenvalue weighted by molar-refractivity contribution is 8.04. The Labute approximate surface area is 171 Å². The van der Waals surface area contributed by atoms with Crippen molar-refractivity contribution in [3.63, 3.8) is 0 Å². The van der Waals surface area contributed by atoms with Gasteiger partial charge in [0.05, 0.1) is 12.2 Å². The topological polar surface area (TPSA) is 95.9 Å². The van der Waals surface area contributed by atoms with E-state index in [1.807, 2.05) is 37.3 Å². The summed E-state index contributed by atoms with van der Waals surface area (Å²) < 4.78 is 4.94. The van der Waals surface area contributed by atoms with Gasteiger partial charge < -0.3 is 15.2 Å². The lowest BCUT2D eigenvalue weighted by molar-refractivity contribution is -0.149. The van der Waals surface area contributed by atoms with Crippen LogP contribution in [0.4, 0.5) is 0 Å². The van der Waals surface area contributed by atoms with Crippen molar-refractivity contribution in [1.29, 1.82) is 0 Å². The number of carboxylic acid groups (broad SMARTS) is 1. The minimum atomic E-state index is -1.07. The molecule has 0 saturated carbocycles. The summed E-state index contributed by atoms with van der Waals surface area (Å²) >= 11 is 1.28. The monoisotopic (exact) mass is 412 g/mol. The van der Waals surface area contributed by atoms with Gasteiger partial charge in [-0.1, -0.05) is 42.1 Å². The van der Waals surface area contributed by atoms with Crippen molar-refractivity contribution in [2.75, 3.05) is 6.61 Å². The molecule has 2 amide bonds. The molecular weight excluding hydrogens is 392 g/mol. The van der Waals surface area contributed by atoms with Gasteiger partial charge in [0.15, 0.2) is 0 Å². The molecule has 2 aromatic rings. The van der Waals surface area contributed by atoms with E-state index in [9.17, 15) is 19.5 Å². The van der Waals surface area contributed by atoms with Gasteiger partial charge in [-0.3, -0.25) is 14.5 Å². The zero-order valence-corrected chi connectivity index (χ0v) is 17.0. The van der Waals surface area contributed by atoms with Crippen LogP contribution in [0, 0.1) is 0 Å². The lowest BCUT2D eigenvalue weighted by Gasteiger charge is -2.33. The van der Waals surface area contributed by atoms with E-state index in [-0.39, 0.29) is 5.70 Å². The minimum Gasteiger partial charge on any atom is -0.493 e. The summed E-state index contributed by atoms with van der Waals surface area (Å²) in [4.78, 5) is 38.7. The van der Waals surface area contributed by atoms with Gasteiger partial charge in [0.2, 0.25) is 0 Å². The summed E-state index contributed by atoms with van der Waals surface area (Å²) in [7, 11) is 0. The summed E-state index contributed by atoms with van der Waals surface area (Å²) in [6.45, 7) is 5.76. The van der Waals surface area contributed by atoms with E-state index >= 15 is 0 Å². The molecule has 150 valence electrons. The van der Waals surface area contributed by atoms with Gasteiger partial charge in [-0.15, -0.1) is 0 Å². The Morgan fingerprint density at radius 3 is 2.66 bits per heavy atom. The SMILES string of the molecule is CCOc1ccc2ccccc2c1C(=O)NC1=C2SC(C)(C)[C@H](C(=O)O)N2C1=O. The maximum absolute atomic E-state index is 13.1. The molecule has 7 nitrogen and oxygen atoms in total. The van der Waals surface area contributed by atoms with Gasteiger partial charge in [-0.25, -0.2) is 4.79 Å². The smallest absolute Gasteiger partial charge is 0.328 e. The Morgan fingerprint density at radius 2 is 1.97 bits per heavy atom. The summed E-state index contributed by atoms with van der Waals surface area (Å²) in [5.41, 5.74) is 0.480. The average Bonchev–Trinajstić information content (AvgIpc) is 2.94. The molecule has 0 spiro atoms. The molecule has 2 aliphatic heterocycles. The highest BCUT2D eigenvalue weighted by Gasteiger charge is 2.58. The Balaban J connectivity index is 1.72. The van der Waals surface area contributed by atoms with E-state index in [1.54, 1.807) is 19.9 Å². The largest absolute Gasteiger partial charge is 0.493 e. The number of aliphatic carboxylic acids is 1. The van der Waals surface area contributed by atoms with E-state index in [0.717, 1.165) is 5.39 Å². The van der Waals surface area contributed by atoms with Gasteiger partial charge in [0, 0.05) is 4.75 Å². The molecule has 4 rings (SSSR count). The highest BCUT2D eigenvalue weighted by Crippen LogP contribution is 2.52. The van der Waals surface area contributed by atoms with Crippen molar-refractivity contribution in [2.45, 2.75) is 31.6 Å². The molecule has 0 radical (unpaired) electrons. The second kappa shape index (κ2) is 6.81. The van der Waals surface area contributed by atoms with Crippen LogP contribution in [0.15, 0.2) is 47.1 Å². The van der Waals surface area contributed by atoms with Crippen LogP contribution in [-0.2, 0) is 9.59 Å². The van der Waals surface area contributed by atoms with Crippen LogP contribution in [0.2, 0.25) is 0 Å². The van der Waals surface area contributed by atoms with Gasteiger partial charge >= 0.3 is 5.97 Å². The number of rotatable bonds is 5. The standard InChI is InChI=1S/C21H20N2O5S/c1-4-28-13-10-9-11-7-5-6-8-12(11)14(13)17(24)22-15-18(25)23-16(20(26)27)21(2,3)29-19(15)23/h5-10,16H,4H2,1-3H3,(H,22,24)(H,26,27)/t16-/m0/s1. The van der Waals surface area contributed by atoms with Gasteiger partial charge in [-0.05, 0) is 37.6 Å². The molecule has 2 N–H and O–H groups in total. The normalized spacial score (nSPS) is 19.8. The number of carbonyl (C=O) groups is 3. The van der Waals surface area contributed by atoms with Gasteiger partial charge in [0.25, 0.3) is 11.8 Å². The van der Waals surface area contributed by atoms with Crippen molar-refractivity contribution < 1.29 is 24.2 Å². The molecule has 2 heterocycles. The first-order valence-electron chi connectivity index (χ1n) is 9.21. The first-order valence-corrected chi connectivity index (χ1v) is 10.0. The van der Waals surface area contributed by atoms with Crippen LogP contribution < -0.4 is 10.1 Å². The van der Waals surface area contributed by atoms with E-state index in [4.69, 9.17) is 4.74 Å². The van der Waals surface area contributed by atoms with Crippen LogP contribution in [0.5, 0.6) is 5.75 Å². The van der Waals surface area contributed by atoms with Crippen LogP contribution >= 0.6 is 11.8 Å². The molecule has 2 aliphatic rings. The van der Waals surface area contributed by atoms with Crippen LogP contribution in [0.25, 0.3) is 10.8 Å². The van der Waals surface area contributed by atoms with Crippen molar-refractivity contribution in [1.82, 2.24) is 10.2 Å². The average molecular weight is 412 g/mol. The van der Waals surface area contributed by atoms with Crippen molar-refractivity contribution in [3.05, 3.63) is 52.7 Å². The number of thioether (sulfide) groups is 1. The first-order chi connectivity index (χ1) is 13.8. The lowest BCUT2D eigenvalue weighted by Crippen LogP contribution is -2.55. The predicted octanol–water partition coefficient (Wildman–Crippen LogP) is 2.96. The van der Waals surface area contributed by atoms with E-state index < -0.39 is 28.6 Å². The minimum absolute atomic E-state index is 0.132. The second-order valence-corrected chi connectivity index (χ2v) is 8.99. The summed E-state index contributed by atoms with van der Waals surface area (Å²) in [5.74, 6) is -1.58. The number of carboxylic acids is 1. The number of nitrogens with one attached hydrogen (secondary N) is 1. The fraction of sp³-hybridized carbons (Fsp3) is 0.286. The quantitative estimate of drug-likeness (QED) is 0.784. The third kappa shape index (κ3) is 2.95. The second-order valence-electron chi connectivity index (χ2n) is 7.35. The number of hydrogen-bond donors (Lipinski definition) is 2. The molecule has 8 heteroatoms. The number of carbonyl (C=O) groups excluding carboxylic acids is 2. The van der Waals surface area contributed by atoms with Crippen molar-refractivity contribution >= 4 is 40.3 Å². The van der Waals surface area contributed by atoms with E-state index in [2.05, 4.69) is 5.32 Å². The first kappa shape index (κ1) is 19.3. The maximum Gasteiger partial charge on any atom is 0.328 e. The number of amides is 2. The van der Waals surface area contributed by atoms with Crippen LogP contribution in [-0.4, -0.2) is 45.2 Å². The molecule has 0 aliphatic carbocycles. The molecule has 0 unspecified atom stereocenters. The molecule has 0 bridgehead atoms.